The summed E-state index contributed by atoms with van der Waals surface area (Å²) in [5.41, 5.74) is 0. The second-order valence-corrected chi connectivity index (χ2v) is 4.29. The average molecular weight is 280 g/mol. The molecule has 0 aromatic heterocycles. The van der Waals surface area contributed by atoms with E-state index in [1.807, 2.05) is 6.92 Å². The molecule has 0 saturated heterocycles. The van der Waals surface area contributed by atoms with Gasteiger partial charge in [0.2, 0.25) is 0 Å². The number of hydrogen-bond donors (Lipinski definition) is 0. The minimum Gasteiger partial charge on any atom is -0.463 e. The minimum atomic E-state index is -0.581. The molecule has 0 aliphatic carbocycles. The van der Waals surface area contributed by atoms with Gasteiger partial charge in [0.05, 0.1) is 6.61 Å². The molecule has 0 heterocycles. The van der Waals surface area contributed by atoms with Crippen molar-refractivity contribution in [2.75, 3.05) is 6.61 Å². The van der Waals surface area contributed by atoms with Gasteiger partial charge in [-0.15, -0.1) is 5.92 Å². The van der Waals surface area contributed by atoms with Crippen molar-refractivity contribution in [3.63, 3.8) is 0 Å². The maximum atomic E-state index is 11.4. The number of ether oxygens (including phenoxy) is 2. The molecule has 0 aliphatic rings. The minimum absolute atomic E-state index is 0.386. The van der Waals surface area contributed by atoms with Gasteiger partial charge in [0.1, 0.15) is 0 Å². The van der Waals surface area contributed by atoms with E-state index in [2.05, 4.69) is 18.8 Å². The maximum absolute atomic E-state index is 11.4. The van der Waals surface area contributed by atoms with Crippen molar-refractivity contribution in [2.24, 2.45) is 0 Å². The highest BCUT2D eigenvalue weighted by molar-refractivity contribution is 5.91. The van der Waals surface area contributed by atoms with Gasteiger partial charge in [-0.2, -0.15) is 0 Å². The molecule has 0 aromatic carbocycles. The smallest absolute Gasteiger partial charge is 0.332 e. The summed E-state index contributed by atoms with van der Waals surface area (Å²) < 4.78 is 10.00. The first-order valence-corrected chi connectivity index (χ1v) is 7.11. The van der Waals surface area contributed by atoms with Crippen molar-refractivity contribution in [1.29, 1.82) is 0 Å². The zero-order chi connectivity index (χ0) is 15.2. The third-order valence-corrected chi connectivity index (χ3v) is 2.53. The Morgan fingerprint density at radius 3 is 2.40 bits per heavy atom. The lowest BCUT2D eigenvalue weighted by atomic mass is 10.2. The van der Waals surface area contributed by atoms with Crippen LogP contribution in [0.15, 0.2) is 12.2 Å². The third-order valence-electron chi connectivity index (χ3n) is 2.53. The van der Waals surface area contributed by atoms with Gasteiger partial charge in [-0.25, -0.2) is 9.59 Å². The number of carbonyl (C=O) groups is 2. The second kappa shape index (κ2) is 12.3. The molecule has 0 N–H and O–H groups in total. The summed E-state index contributed by atoms with van der Waals surface area (Å²) in [6.45, 7) is 6.06. The topological polar surface area (TPSA) is 52.6 Å². The Kier molecular flexibility index (Phi) is 11.2. The molecule has 4 heteroatoms. The molecule has 0 bridgehead atoms. The Labute approximate surface area is 121 Å². The van der Waals surface area contributed by atoms with Gasteiger partial charge in [-0.3, -0.25) is 0 Å². The van der Waals surface area contributed by atoms with E-state index in [1.165, 1.54) is 0 Å². The van der Waals surface area contributed by atoms with Crippen LogP contribution in [0.25, 0.3) is 0 Å². The Balaban J connectivity index is 3.92. The summed E-state index contributed by atoms with van der Waals surface area (Å²) in [6.07, 6.45) is 6.52. The zero-order valence-electron chi connectivity index (χ0n) is 12.6. The van der Waals surface area contributed by atoms with Gasteiger partial charge < -0.3 is 9.47 Å². The summed E-state index contributed by atoms with van der Waals surface area (Å²) in [5, 5.41) is 0. The Bertz CT molecular complexity index is 374. The van der Waals surface area contributed by atoms with Gasteiger partial charge in [0.15, 0.2) is 6.10 Å². The van der Waals surface area contributed by atoms with Crippen LogP contribution in [0.2, 0.25) is 0 Å². The standard InChI is InChI=1S/C16H24O4/c1-4-7-8-9-13-19-15(17)11-12-16(18)20-14(6-3)10-5-2/h11-12,14H,4,6-9,13H2,1-3H3/b12-11+. The van der Waals surface area contributed by atoms with Gasteiger partial charge in [0, 0.05) is 12.2 Å². The monoisotopic (exact) mass is 280 g/mol. The van der Waals surface area contributed by atoms with Crippen molar-refractivity contribution in [2.45, 2.75) is 59.0 Å². The number of hydrogen-bond acceptors (Lipinski definition) is 4. The van der Waals surface area contributed by atoms with Crippen LogP contribution in [-0.4, -0.2) is 24.6 Å². The fourth-order valence-electron chi connectivity index (χ4n) is 1.44. The normalized spacial score (nSPS) is 11.6. The van der Waals surface area contributed by atoms with Crippen LogP contribution in [0.1, 0.15) is 52.9 Å². The number of carbonyl (C=O) groups excluding carboxylic acids is 2. The fraction of sp³-hybridized carbons (Fsp3) is 0.625. The van der Waals surface area contributed by atoms with Crippen molar-refractivity contribution < 1.29 is 19.1 Å². The van der Waals surface area contributed by atoms with E-state index >= 15 is 0 Å². The van der Waals surface area contributed by atoms with Gasteiger partial charge in [-0.05, 0) is 19.8 Å². The molecule has 1 atom stereocenters. The summed E-state index contributed by atoms with van der Waals surface area (Å²) in [6, 6.07) is 0. The third kappa shape index (κ3) is 10.2. The Morgan fingerprint density at radius 2 is 1.80 bits per heavy atom. The molecule has 0 amide bonds. The van der Waals surface area contributed by atoms with E-state index in [4.69, 9.17) is 9.47 Å². The SMILES string of the molecule is CC#CC(CC)OC(=O)/C=C/C(=O)OCCCCCC. The fourth-order valence-corrected chi connectivity index (χ4v) is 1.44. The summed E-state index contributed by atoms with van der Waals surface area (Å²) in [5.74, 6) is 4.35. The Morgan fingerprint density at radius 1 is 1.10 bits per heavy atom. The molecule has 0 rings (SSSR count). The number of rotatable bonds is 9. The van der Waals surface area contributed by atoms with Crippen LogP contribution in [0.3, 0.4) is 0 Å². The van der Waals surface area contributed by atoms with Crippen molar-refractivity contribution in [3.8, 4) is 11.8 Å². The lowest BCUT2D eigenvalue weighted by molar-refractivity contribution is -0.142. The lowest BCUT2D eigenvalue weighted by Gasteiger charge is -2.07. The van der Waals surface area contributed by atoms with Crippen LogP contribution >= 0.6 is 0 Å². The van der Waals surface area contributed by atoms with E-state index in [9.17, 15) is 9.59 Å². The zero-order valence-corrected chi connectivity index (χ0v) is 12.6. The highest BCUT2D eigenvalue weighted by Crippen LogP contribution is 2.00. The molecule has 0 saturated carbocycles. The first-order valence-electron chi connectivity index (χ1n) is 7.11. The molecule has 112 valence electrons. The van der Waals surface area contributed by atoms with E-state index < -0.39 is 18.0 Å². The van der Waals surface area contributed by atoms with E-state index in [1.54, 1.807) is 6.92 Å². The molecule has 1 unspecified atom stereocenters. The molecular weight excluding hydrogens is 256 g/mol. The van der Waals surface area contributed by atoms with E-state index in [0.29, 0.717) is 13.0 Å². The predicted octanol–water partition coefficient (Wildman–Crippen LogP) is 3.01. The molecule has 0 aliphatic heterocycles. The summed E-state index contributed by atoms with van der Waals surface area (Å²) >= 11 is 0. The second-order valence-electron chi connectivity index (χ2n) is 4.29. The first kappa shape index (κ1) is 18.2. The molecule has 0 radical (unpaired) electrons. The van der Waals surface area contributed by atoms with Crippen LogP contribution in [0.5, 0.6) is 0 Å². The molecule has 4 nitrogen and oxygen atoms in total. The van der Waals surface area contributed by atoms with Crippen molar-refractivity contribution >= 4 is 11.9 Å². The lowest BCUT2D eigenvalue weighted by Crippen LogP contribution is -2.14. The number of unbranched alkanes of at least 4 members (excludes halogenated alkanes) is 3. The van der Waals surface area contributed by atoms with Crippen LogP contribution in [-0.2, 0) is 19.1 Å². The number of esters is 2. The van der Waals surface area contributed by atoms with E-state index in [-0.39, 0.29) is 0 Å². The van der Waals surface area contributed by atoms with Crippen molar-refractivity contribution in [3.05, 3.63) is 12.2 Å². The molecule has 0 spiro atoms. The molecule has 0 aromatic rings. The maximum Gasteiger partial charge on any atom is 0.332 e. The highest BCUT2D eigenvalue weighted by Gasteiger charge is 2.07. The van der Waals surface area contributed by atoms with Gasteiger partial charge >= 0.3 is 11.9 Å². The average Bonchev–Trinajstić information content (AvgIpc) is 2.44. The molecule has 20 heavy (non-hydrogen) atoms. The van der Waals surface area contributed by atoms with Crippen molar-refractivity contribution in [1.82, 2.24) is 0 Å². The van der Waals surface area contributed by atoms with Crippen LogP contribution in [0, 0.1) is 11.8 Å². The highest BCUT2D eigenvalue weighted by atomic mass is 16.5. The quantitative estimate of drug-likeness (QED) is 0.282. The predicted molar refractivity (Wildman–Crippen MR) is 77.9 cm³/mol. The van der Waals surface area contributed by atoms with Gasteiger partial charge in [0.25, 0.3) is 0 Å². The van der Waals surface area contributed by atoms with Crippen LogP contribution < -0.4 is 0 Å². The van der Waals surface area contributed by atoms with E-state index in [0.717, 1.165) is 37.8 Å². The summed E-state index contributed by atoms with van der Waals surface area (Å²) in [7, 11) is 0. The largest absolute Gasteiger partial charge is 0.463 e. The summed E-state index contributed by atoms with van der Waals surface area (Å²) in [4.78, 5) is 22.7. The molecular formula is C16H24O4. The van der Waals surface area contributed by atoms with Gasteiger partial charge in [-0.1, -0.05) is 39.0 Å². The Hall–Kier alpha value is -1.76. The van der Waals surface area contributed by atoms with Crippen LogP contribution in [0.4, 0.5) is 0 Å². The molecule has 0 fully saturated rings. The first-order chi connectivity index (χ1) is 9.63.